The lowest BCUT2D eigenvalue weighted by Gasteiger charge is -2.33. The van der Waals surface area contributed by atoms with Gasteiger partial charge >= 0.3 is 0 Å². The van der Waals surface area contributed by atoms with Crippen LogP contribution in [0.2, 0.25) is 0 Å². The predicted molar refractivity (Wildman–Crippen MR) is 93.3 cm³/mol. The number of carbonyl (C=O) groups excluding carboxylic acids is 1. The molecule has 24 heavy (non-hydrogen) atoms. The molecule has 0 aliphatic carbocycles. The summed E-state index contributed by atoms with van der Waals surface area (Å²) in [7, 11) is 3.15. The summed E-state index contributed by atoms with van der Waals surface area (Å²) in [6.45, 7) is 3.20. The number of hydrogen-bond acceptors (Lipinski definition) is 4. The summed E-state index contributed by atoms with van der Waals surface area (Å²) >= 11 is 0. The van der Waals surface area contributed by atoms with Gasteiger partial charge in [0.25, 0.3) is 0 Å². The van der Waals surface area contributed by atoms with E-state index < -0.39 is 6.10 Å². The first-order chi connectivity index (χ1) is 11.6. The van der Waals surface area contributed by atoms with Crippen LogP contribution < -0.4 is 9.47 Å². The molecule has 0 spiro atoms. The first-order valence-electron chi connectivity index (χ1n) is 8.79. The van der Waals surface area contributed by atoms with Gasteiger partial charge in [-0.2, -0.15) is 0 Å². The van der Waals surface area contributed by atoms with E-state index in [-0.39, 0.29) is 11.8 Å². The first-order valence-corrected chi connectivity index (χ1v) is 8.79. The maximum Gasteiger partial charge on any atom is 0.225 e. The van der Waals surface area contributed by atoms with Crippen LogP contribution in [0, 0.1) is 5.92 Å². The third kappa shape index (κ3) is 4.41. The Morgan fingerprint density at radius 2 is 2.04 bits per heavy atom. The summed E-state index contributed by atoms with van der Waals surface area (Å²) in [5, 5.41) is 10.5. The van der Waals surface area contributed by atoms with E-state index in [1.165, 1.54) is 0 Å². The lowest BCUT2D eigenvalue weighted by molar-refractivity contribution is -0.140. The van der Waals surface area contributed by atoms with Crippen LogP contribution in [0.1, 0.15) is 50.7 Å². The normalized spacial score (nSPS) is 19.2. The SMILES string of the molecule is CCCCC1CCCN(CC(O)c2ccc(OC)c(OC)c2)C1=O. The highest BCUT2D eigenvalue weighted by molar-refractivity contribution is 5.79. The number of amides is 1. The summed E-state index contributed by atoms with van der Waals surface area (Å²) in [5.41, 5.74) is 0.733. The average molecular weight is 335 g/mol. The van der Waals surface area contributed by atoms with Crippen LogP contribution in [-0.4, -0.2) is 43.2 Å². The molecule has 1 aromatic rings. The number of aliphatic hydroxyl groups is 1. The zero-order valence-corrected chi connectivity index (χ0v) is 15.0. The third-order valence-electron chi connectivity index (χ3n) is 4.73. The van der Waals surface area contributed by atoms with Gasteiger partial charge in [0.05, 0.1) is 26.9 Å². The van der Waals surface area contributed by atoms with Crippen molar-refractivity contribution in [2.45, 2.75) is 45.1 Å². The number of rotatable bonds is 8. The fourth-order valence-corrected chi connectivity index (χ4v) is 3.29. The van der Waals surface area contributed by atoms with E-state index in [1.54, 1.807) is 26.4 Å². The van der Waals surface area contributed by atoms with E-state index in [0.29, 0.717) is 18.0 Å². The molecule has 5 heteroatoms. The number of piperidine rings is 1. The van der Waals surface area contributed by atoms with Crippen LogP contribution in [0.25, 0.3) is 0 Å². The van der Waals surface area contributed by atoms with Crippen LogP contribution in [0.4, 0.5) is 0 Å². The Bertz CT molecular complexity index is 546. The second kappa shape index (κ2) is 8.92. The van der Waals surface area contributed by atoms with Crippen molar-refractivity contribution >= 4 is 5.91 Å². The molecule has 0 radical (unpaired) electrons. The molecule has 1 N–H and O–H groups in total. The van der Waals surface area contributed by atoms with Crippen molar-refractivity contribution in [2.24, 2.45) is 5.92 Å². The minimum atomic E-state index is -0.723. The molecule has 2 rings (SSSR count). The molecule has 1 aromatic carbocycles. The molecule has 1 amide bonds. The van der Waals surface area contributed by atoms with Crippen molar-refractivity contribution in [3.8, 4) is 11.5 Å². The van der Waals surface area contributed by atoms with Crippen molar-refractivity contribution in [1.82, 2.24) is 4.90 Å². The Balaban J connectivity index is 2.03. The van der Waals surface area contributed by atoms with Gasteiger partial charge in [0, 0.05) is 12.5 Å². The van der Waals surface area contributed by atoms with Gasteiger partial charge in [-0.1, -0.05) is 25.8 Å². The molecule has 1 aliphatic rings. The summed E-state index contributed by atoms with van der Waals surface area (Å²) in [6.07, 6.45) is 4.41. The molecule has 1 saturated heterocycles. The highest BCUT2D eigenvalue weighted by atomic mass is 16.5. The largest absolute Gasteiger partial charge is 0.493 e. The Kier molecular flexibility index (Phi) is 6.91. The molecular formula is C19H29NO4. The van der Waals surface area contributed by atoms with E-state index in [0.717, 1.165) is 44.2 Å². The van der Waals surface area contributed by atoms with Crippen LogP contribution in [0.3, 0.4) is 0 Å². The second-order valence-corrected chi connectivity index (χ2v) is 6.40. The molecule has 0 saturated carbocycles. The zero-order chi connectivity index (χ0) is 17.5. The smallest absolute Gasteiger partial charge is 0.225 e. The van der Waals surface area contributed by atoms with E-state index in [4.69, 9.17) is 9.47 Å². The number of nitrogens with zero attached hydrogens (tertiary/aromatic N) is 1. The van der Waals surface area contributed by atoms with Gasteiger partial charge in [0.2, 0.25) is 5.91 Å². The molecule has 5 nitrogen and oxygen atoms in total. The predicted octanol–water partition coefficient (Wildman–Crippen LogP) is 3.17. The number of aliphatic hydroxyl groups excluding tert-OH is 1. The third-order valence-corrected chi connectivity index (χ3v) is 4.73. The van der Waals surface area contributed by atoms with E-state index in [2.05, 4.69) is 6.92 Å². The van der Waals surface area contributed by atoms with Gasteiger partial charge < -0.3 is 19.5 Å². The quantitative estimate of drug-likeness (QED) is 0.793. The van der Waals surface area contributed by atoms with Crippen LogP contribution >= 0.6 is 0 Å². The van der Waals surface area contributed by atoms with Gasteiger partial charge in [-0.3, -0.25) is 4.79 Å². The minimum Gasteiger partial charge on any atom is -0.493 e. The second-order valence-electron chi connectivity index (χ2n) is 6.40. The minimum absolute atomic E-state index is 0.122. The van der Waals surface area contributed by atoms with Crippen LogP contribution in [0.15, 0.2) is 18.2 Å². The topological polar surface area (TPSA) is 59.0 Å². The number of methoxy groups -OCH3 is 2. The van der Waals surface area contributed by atoms with Crippen LogP contribution in [-0.2, 0) is 4.79 Å². The van der Waals surface area contributed by atoms with E-state index >= 15 is 0 Å². The maximum atomic E-state index is 12.6. The molecule has 2 unspecified atom stereocenters. The van der Waals surface area contributed by atoms with Gasteiger partial charge in [-0.25, -0.2) is 0 Å². The Morgan fingerprint density at radius 1 is 1.29 bits per heavy atom. The van der Waals surface area contributed by atoms with Crippen molar-refractivity contribution < 1.29 is 19.4 Å². The van der Waals surface area contributed by atoms with E-state index in [1.807, 2.05) is 11.0 Å². The summed E-state index contributed by atoms with van der Waals surface area (Å²) in [5.74, 6) is 1.52. The zero-order valence-electron chi connectivity index (χ0n) is 15.0. The van der Waals surface area contributed by atoms with Crippen LogP contribution in [0.5, 0.6) is 11.5 Å². The highest BCUT2D eigenvalue weighted by Crippen LogP contribution is 2.31. The summed E-state index contributed by atoms with van der Waals surface area (Å²) in [4.78, 5) is 14.4. The fourth-order valence-electron chi connectivity index (χ4n) is 3.29. The van der Waals surface area contributed by atoms with E-state index in [9.17, 15) is 9.90 Å². The van der Waals surface area contributed by atoms with Crippen molar-refractivity contribution in [3.63, 3.8) is 0 Å². The Labute approximate surface area is 144 Å². The number of carbonyl (C=O) groups is 1. The van der Waals surface area contributed by atoms with Gasteiger partial charge in [-0.05, 0) is 37.0 Å². The van der Waals surface area contributed by atoms with Crippen molar-refractivity contribution in [2.75, 3.05) is 27.3 Å². The average Bonchev–Trinajstić information content (AvgIpc) is 2.61. The number of β-amino-alcohol motifs (C(OH)–C–C–N with tert-alkyl or cyclic N) is 1. The maximum absolute atomic E-state index is 12.6. The van der Waals surface area contributed by atoms with Gasteiger partial charge in [0.15, 0.2) is 11.5 Å². The summed E-state index contributed by atoms with van der Waals surface area (Å²) < 4.78 is 10.5. The summed E-state index contributed by atoms with van der Waals surface area (Å²) in [6, 6.07) is 5.36. The fraction of sp³-hybridized carbons (Fsp3) is 0.632. The van der Waals surface area contributed by atoms with Gasteiger partial charge in [-0.15, -0.1) is 0 Å². The lowest BCUT2D eigenvalue weighted by atomic mass is 9.91. The lowest BCUT2D eigenvalue weighted by Crippen LogP contribution is -2.43. The number of ether oxygens (including phenoxy) is 2. The molecule has 2 atom stereocenters. The molecule has 0 bridgehead atoms. The molecular weight excluding hydrogens is 306 g/mol. The number of benzene rings is 1. The van der Waals surface area contributed by atoms with Crippen molar-refractivity contribution in [1.29, 1.82) is 0 Å². The molecule has 1 heterocycles. The molecule has 134 valence electrons. The number of likely N-dealkylation sites (tertiary alicyclic amines) is 1. The number of unbranched alkanes of at least 4 members (excludes halogenated alkanes) is 1. The van der Waals surface area contributed by atoms with Crippen molar-refractivity contribution in [3.05, 3.63) is 23.8 Å². The Morgan fingerprint density at radius 3 is 2.71 bits per heavy atom. The highest BCUT2D eigenvalue weighted by Gasteiger charge is 2.29. The Hall–Kier alpha value is -1.75. The van der Waals surface area contributed by atoms with Gasteiger partial charge in [0.1, 0.15) is 0 Å². The monoisotopic (exact) mass is 335 g/mol. The molecule has 1 aliphatic heterocycles. The molecule has 1 fully saturated rings. The first kappa shape index (κ1) is 18.6. The molecule has 0 aromatic heterocycles. The number of hydrogen-bond donors (Lipinski definition) is 1. The standard InChI is InChI=1S/C19H29NO4/c1-4-5-7-14-8-6-11-20(19(14)22)13-16(21)15-9-10-17(23-2)18(12-15)24-3/h9-10,12,14,16,21H,4-8,11,13H2,1-3H3.